The van der Waals surface area contributed by atoms with Crippen LogP contribution in [-0.4, -0.2) is 58.0 Å². The molecule has 0 radical (unpaired) electrons. The smallest absolute Gasteiger partial charge is 0.317 e. The Morgan fingerprint density at radius 1 is 1.21 bits per heavy atom. The van der Waals surface area contributed by atoms with Crippen molar-refractivity contribution >= 4 is 17.1 Å². The van der Waals surface area contributed by atoms with Gasteiger partial charge in [-0.25, -0.2) is 9.78 Å². The molecular formula is C18H27N5O. The van der Waals surface area contributed by atoms with Gasteiger partial charge in [0.15, 0.2) is 0 Å². The number of hydrogen-bond donors (Lipinski definition) is 2. The maximum Gasteiger partial charge on any atom is 0.317 e. The molecule has 2 amide bonds. The SMILES string of the molecule is CCC(CC)NC(=O)N1CCN(Cc2nc3ccccc3[nH]2)CC1. The van der Waals surface area contributed by atoms with Gasteiger partial charge in [0.1, 0.15) is 5.82 Å². The Bertz CT molecular complexity index is 638. The molecule has 0 spiro atoms. The van der Waals surface area contributed by atoms with E-state index in [9.17, 15) is 4.79 Å². The number of aromatic nitrogens is 2. The number of amides is 2. The third-order valence-electron chi connectivity index (χ3n) is 4.78. The fourth-order valence-electron chi connectivity index (χ4n) is 3.16. The van der Waals surface area contributed by atoms with Crippen LogP contribution in [0.5, 0.6) is 0 Å². The van der Waals surface area contributed by atoms with Gasteiger partial charge in [0.25, 0.3) is 0 Å². The molecule has 6 nitrogen and oxygen atoms in total. The summed E-state index contributed by atoms with van der Waals surface area (Å²) >= 11 is 0. The van der Waals surface area contributed by atoms with Crippen LogP contribution in [0.15, 0.2) is 24.3 Å². The van der Waals surface area contributed by atoms with E-state index in [0.29, 0.717) is 0 Å². The van der Waals surface area contributed by atoms with E-state index in [0.717, 1.165) is 62.4 Å². The Morgan fingerprint density at radius 3 is 2.58 bits per heavy atom. The maximum atomic E-state index is 12.3. The zero-order valence-corrected chi connectivity index (χ0v) is 14.6. The number of rotatable bonds is 5. The van der Waals surface area contributed by atoms with Crippen LogP contribution < -0.4 is 5.32 Å². The zero-order chi connectivity index (χ0) is 16.9. The van der Waals surface area contributed by atoms with E-state index in [1.54, 1.807) is 0 Å². The van der Waals surface area contributed by atoms with Crippen molar-refractivity contribution in [3.05, 3.63) is 30.1 Å². The van der Waals surface area contributed by atoms with E-state index in [1.807, 2.05) is 29.2 Å². The highest BCUT2D eigenvalue weighted by Crippen LogP contribution is 2.13. The number of H-pyrrole nitrogens is 1. The van der Waals surface area contributed by atoms with Crippen molar-refractivity contribution in [1.29, 1.82) is 0 Å². The highest BCUT2D eigenvalue weighted by molar-refractivity contribution is 5.75. The number of carbonyl (C=O) groups is 1. The summed E-state index contributed by atoms with van der Waals surface area (Å²) in [5, 5.41) is 3.12. The number of hydrogen-bond acceptors (Lipinski definition) is 3. The standard InChI is InChI=1S/C18H27N5O/c1-3-14(4-2)19-18(24)23-11-9-22(10-12-23)13-17-20-15-7-5-6-8-16(15)21-17/h5-8,14H,3-4,9-13H2,1-2H3,(H,19,24)(H,20,21). The van der Waals surface area contributed by atoms with Gasteiger partial charge < -0.3 is 15.2 Å². The second-order valence-corrected chi connectivity index (χ2v) is 6.43. The number of aromatic amines is 1. The first kappa shape index (κ1) is 16.8. The molecule has 24 heavy (non-hydrogen) atoms. The highest BCUT2D eigenvalue weighted by atomic mass is 16.2. The van der Waals surface area contributed by atoms with Crippen molar-refractivity contribution in [1.82, 2.24) is 25.1 Å². The summed E-state index contributed by atoms with van der Waals surface area (Å²) in [4.78, 5) is 24.6. The molecule has 2 aromatic rings. The summed E-state index contributed by atoms with van der Waals surface area (Å²) in [5.74, 6) is 0.992. The molecule has 3 rings (SSSR count). The van der Waals surface area contributed by atoms with Crippen molar-refractivity contribution in [3.63, 3.8) is 0 Å². The Morgan fingerprint density at radius 2 is 1.92 bits per heavy atom. The summed E-state index contributed by atoms with van der Waals surface area (Å²) in [7, 11) is 0. The number of fused-ring (bicyclic) bond motifs is 1. The predicted octanol–water partition coefficient (Wildman–Crippen LogP) is 2.58. The van der Waals surface area contributed by atoms with Gasteiger partial charge in [-0.2, -0.15) is 0 Å². The zero-order valence-electron chi connectivity index (χ0n) is 14.6. The molecule has 1 aromatic carbocycles. The minimum atomic E-state index is 0.0760. The number of imidazole rings is 1. The molecule has 0 unspecified atom stereocenters. The van der Waals surface area contributed by atoms with Crippen LogP contribution in [0.1, 0.15) is 32.5 Å². The van der Waals surface area contributed by atoms with Gasteiger partial charge in [-0.15, -0.1) is 0 Å². The highest BCUT2D eigenvalue weighted by Gasteiger charge is 2.22. The van der Waals surface area contributed by atoms with Gasteiger partial charge in [-0.05, 0) is 25.0 Å². The number of urea groups is 1. The molecule has 1 aliphatic heterocycles. The lowest BCUT2D eigenvalue weighted by Crippen LogP contribution is -2.53. The van der Waals surface area contributed by atoms with Crippen LogP contribution in [0.2, 0.25) is 0 Å². The van der Waals surface area contributed by atoms with Crippen molar-refractivity contribution in [2.24, 2.45) is 0 Å². The molecule has 0 bridgehead atoms. The summed E-state index contributed by atoms with van der Waals surface area (Å²) in [6, 6.07) is 8.45. The molecule has 1 fully saturated rings. The Labute approximate surface area is 143 Å². The molecule has 0 aliphatic carbocycles. The van der Waals surface area contributed by atoms with Gasteiger partial charge >= 0.3 is 6.03 Å². The monoisotopic (exact) mass is 329 g/mol. The topological polar surface area (TPSA) is 64.3 Å². The summed E-state index contributed by atoms with van der Waals surface area (Å²) in [6.07, 6.45) is 1.96. The fourth-order valence-corrected chi connectivity index (χ4v) is 3.16. The third kappa shape index (κ3) is 3.87. The van der Waals surface area contributed by atoms with Gasteiger partial charge in [-0.3, -0.25) is 4.90 Å². The molecule has 0 saturated carbocycles. The van der Waals surface area contributed by atoms with Gasteiger partial charge in [-0.1, -0.05) is 26.0 Å². The molecule has 2 N–H and O–H groups in total. The van der Waals surface area contributed by atoms with Crippen molar-refractivity contribution in [2.75, 3.05) is 26.2 Å². The maximum absolute atomic E-state index is 12.3. The van der Waals surface area contributed by atoms with E-state index in [2.05, 4.69) is 34.0 Å². The van der Waals surface area contributed by atoms with E-state index < -0.39 is 0 Å². The Kier molecular flexibility index (Phi) is 5.35. The Balaban J connectivity index is 1.50. The number of benzene rings is 1. The average molecular weight is 329 g/mol. The first-order valence-electron chi connectivity index (χ1n) is 8.91. The van der Waals surface area contributed by atoms with E-state index in [4.69, 9.17) is 0 Å². The van der Waals surface area contributed by atoms with Crippen LogP contribution in [0, 0.1) is 0 Å². The Hall–Kier alpha value is -2.08. The molecule has 1 aliphatic rings. The molecule has 6 heteroatoms. The van der Waals surface area contributed by atoms with Crippen LogP contribution >= 0.6 is 0 Å². The number of nitrogens with zero attached hydrogens (tertiary/aromatic N) is 3. The van der Waals surface area contributed by atoms with Gasteiger partial charge in [0.05, 0.1) is 17.6 Å². The summed E-state index contributed by atoms with van der Waals surface area (Å²) < 4.78 is 0. The largest absolute Gasteiger partial charge is 0.341 e. The van der Waals surface area contributed by atoms with Crippen LogP contribution in [0.25, 0.3) is 11.0 Å². The number of carbonyl (C=O) groups excluding carboxylic acids is 1. The molecule has 130 valence electrons. The van der Waals surface area contributed by atoms with Gasteiger partial charge in [0, 0.05) is 32.2 Å². The second kappa shape index (κ2) is 7.66. The summed E-state index contributed by atoms with van der Waals surface area (Å²) in [6.45, 7) is 8.33. The van der Waals surface area contributed by atoms with Gasteiger partial charge in [0.2, 0.25) is 0 Å². The molecule has 1 aromatic heterocycles. The lowest BCUT2D eigenvalue weighted by atomic mass is 10.2. The number of piperazine rings is 1. The molecule has 0 atom stereocenters. The number of nitrogens with one attached hydrogen (secondary N) is 2. The van der Waals surface area contributed by atoms with Crippen molar-refractivity contribution in [3.8, 4) is 0 Å². The summed E-state index contributed by atoms with van der Waals surface area (Å²) in [5.41, 5.74) is 2.09. The lowest BCUT2D eigenvalue weighted by molar-refractivity contribution is 0.131. The minimum Gasteiger partial charge on any atom is -0.341 e. The van der Waals surface area contributed by atoms with Crippen LogP contribution in [-0.2, 0) is 6.54 Å². The van der Waals surface area contributed by atoms with Crippen LogP contribution in [0.4, 0.5) is 4.79 Å². The van der Waals surface area contributed by atoms with E-state index in [1.165, 1.54) is 0 Å². The first-order valence-corrected chi connectivity index (χ1v) is 8.91. The second-order valence-electron chi connectivity index (χ2n) is 6.43. The number of para-hydroxylation sites is 2. The first-order chi connectivity index (χ1) is 11.7. The van der Waals surface area contributed by atoms with Crippen molar-refractivity contribution in [2.45, 2.75) is 39.3 Å². The normalized spacial score (nSPS) is 16.0. The average Bonchev–Trinajstić information content (AvgIpc) is 3.02. The fraction of sp³-hybridized carbons (Fsp3) is 0.556. The predicted molar refractivity (Wildman–Crippen MR) is 95.8 cm³/mol. The molecule has 1 saturated heterocycles. The van der Waals surface area contributed by atoms with Crippen molar-refractivity contribution < 1.29 is 4.79 Å². The lowest BCUT2D eigenvalue weighted by Gasteiger charge is -2.35. The molecular weight excluding hydrogens is 302 g/mol. The minimum absolute atomic E-state index is 0.0760. The third-order valence-corrected chi connectivity index (χ3v) is 4.78. The molecule has 2 heterocycles. The van der Waals surface area contributed by atoms with E-state index >= 15 is 0 Å². The quantitative estimate of drug-likeness (QED) is 0.886. The van der Waals surface area contributed by atoms with E-state index in [-0.39, 0.29) is 12.1 Å². The van der Waals surface area contributed by atoms with Crippen LogP contribution in [0.3, 0.4) is 0 Å².